The van der Waals surface area contributed by atoms with Crippen LogP contribution in [0.1, 0.15) is 16.1 Å². The number of hydrogen-bond acceptors (Lipinski definition) is 7. The zero-order valence-electron chi connectivity index (χ0n) is 15.5. The van der Waals surface area contributed by atoms with E-state index in [0.29, 0.717) is 33.0 Å². The second-order valence-corrected chi connectivity index (χ2v) is 7.21. The van der Waals surface area contributed by atoms with Crippen molar-refractivity contribution in [1.82, 2.24) is 24.4 Å². The van der Waals surface area contributed by atoms with Crippen molar-refractivity contribution in [1.29, 1.82) is 0 Å². The van der Waals surface area contributed by atoms with Gasteiger partial charge in [-0.15, -0.1) is 5.10 Å². The second kappa shape index (κ2) is 7.98. The fourth-order valence-corrected chi connectivity index (χ4v) is 3.42. The number of amides is 1. The molecule has 146 valence electrons. The molecule has 0 aliphatic rings. The Bertz CT molecular complexity index is 1170. The summed E-state index contributed by atoms with van der Waals surface area (Å²) >= 11 is 7.13. The minimum atomic E-state index is -0.283. The van der Waals surface area contributed by atoms with Crippen molar-refractivity contribution >= 4 is 34.2 Å². The summed E-state index contributed by atoms with van der Waals surface area (Å²) in [6.45, 7) is 1.87. The number of benzene rings is 2. The number of carbonyl (C=O) groups is 1. The lowest BCUT2D eigenvalue weighted by Crippen LogP contribution is -2.11. The van der Waals surface area contributed by atoms with Crippen molar-refractivity contribution in [3.8, 4) is 23.0 Å². The number of nitrogens with one attached hydrogen (secondary N) is 1. The summed E-state index contributed by atoms with van der Waals surface area (Å²) in [7, 11) is 1.57. The van der Waals surface area contributed by atoms with E-state index in [9.17, 15) is 4.79 Å². The van der Waals surface area contributed by atoms with Gasteiger partial charge in [0.15, 0.2) is 11.5 Å². The van der Waals surface area contributed by atoms with Gasteiger partial charge in [-0.3, -0.25) is 10.1 Å². The number of anilines is 1. The van der Waals surface area contributed by atoms with Crippen molar-refractivity contribution in [2.45, 2.75) is 6.92 Å². The normalized spacial score (nSPS) is 10.7. The molecule has 1 N–H and O–H groups in total. The van der Waals surface area contributed by atoms with Crippen molar-refractivity contribution < 1.29 is 9.53 Å². The maximum absolute atomic E-state index is 12.4. The number of carbonyl (C=O) groups excluding carboxylic acids is 1. The minimum Gasteiger partial charge on any atom is -0.497 e. The number of nitrogens with zero attached hydrogens (tertiary/aromatic N) is 5. The Morgan fingerprint density at radius 1 is 1.21 bits per heavy atom. The molecule has 1 amide bonds. The standard InChI is InChI=1S/C19H15ClN6O2S/c1-11-16(23-25-26(11)14-5-3-4-13(20)10-14)17-21-19(29-24-17)22-18(27)12-6-8-15(28-2)9-7-12/h3-10H,1-2H3,(H,21,22,24,27). The molecule has 8 nitrogen and oxygen atoms in total. The quantitative estimate of drug-likeness (QED) is 0.518. The van der Waals surface area contributed by atoms with Gasteiger partial charge in [0.1, 0.15) is 5.75 Å². The SMILES string of the molecule is COc1ccc(C(=O)Nc2nc(-c3nnn(-c4cccc(Cl)c4)c3C)ns2)cc1. The van der Waals surface area contributed by atoms with E-state index < -0.39 is 0 Å². The van der Waals surface area contributed by atoms with Gasteiger partial charge >= 0.3 is 0 Å². The van der Waals surface area contributed by atoms with E-state index in [0.717, 1.165) is 22.9 Å². The van der Waals surface area contributed by atoms with Gasteiger partial charge in [-0.2, -0.15) is 9.36 Å². The fourth-order valence-electron chi connectivity index (χ4n) is 2.67. The number of ether oxygens (including phenoxy) is 1. The first-order valence-electron chi connectivity index (χ1n) is 8.53. The molecule has 2 aromatic carbocycles. The van der Waals surface area contributed by atoms with Crippen LogP contribution in [0.15, 0.2) is 48.5 Å². The third-order valence-corrected chi connectivity index (χ3v) is 5.02. The summed E-state index contributed by atoms with van der Waals surface area (Å²) in [5, 5.41) is 12.1. The lowest BCUT2D eigenvalue weighted by molar-refractivity contribution is 0.102. The molecule has 0 saturated heterocycles. The molecule has 0 spiro atoms. The number of aromatic nitrogens is 5. The van der Waals surface area contributed by atoms with Crippen LogP contribution in [0.4, 0.5) is 5.13 Å². The molecular weight excluding hydrogens is 412 g/mol. The second-order valence-electron chi connectivity index (χ2n) is 6.02. The molecule has 0 unspecified atom stereocenters. The van der Waals surface area contributed by atoms with Crippen molar-refractivity contribution in [2.75, 3.05) is 12.4 Å². The maximum Gasteiger partial charge on any atom is 0.257 e. The van der Waals surface area contributed by atoms with E-state index in [4.69, 9.17) is 16.3 Å². The van der Waals surface area contributed by atoms with Gasteiger partial charge in [-0.25, -0.2) is 4.68 Å². The largest absolute Gasteiger partial charge is 0.497 e. The Hall–Kier alpha value is -3.30. The van der Waals surface area contributed by atoms with E-state index >= 15 is 0 Å². The Morgan fingerprint density at radius 2 is 2.00 bits per heavy atom. The molecule has 2 aromatic heterocycles. The lowest BCUT2D eigenvalue weighted by Gasteiger charge is -2.03. The van der Waals surface area contributed by atoms with E-state index in [1.54, 1.807) is 48.2 Å². The average Bonchev–Trinajstić information content (AvgIpc) is 3.34. The smallest absolute Gasteiger partial charge is 0.257 e. The zero-order valence-corrected chi connectivity index (χ0v) is 17.0. The topological polar surface area (TPSA) is 94.8 Å². The highest BCUT2D eigenvalue weighted by Crippen LogP contribution is 2.25. The third kappa shape index (κ3) is 3.96. The summed E-state index contributed by atoms with van der Waals surface area (Å²) in [6, 6.07) is 14.1. The Balaban J connectivity index is 1.54. The molecular formula is C19H15ClN6O2S. The predicted molar refractivity (Wildman–Crippen MR) is 111 cm³/mol. The van der Waals surface area contributed by atoms with E-state index in [1.807, 2.05) is 19.1 Å². The summed E-state index contributed by atoms with van der Waals surface area (Å²) in [5.74, 6) is 0.790. The first-order valence-corrected chi connectivity index (χ1v) is 9.68. The van der Waals surface area contributed by atoms with Gasteiger partial charge in [-0.1, -0.05) is 22.9 Å². The third-order valence-electron chi connectivity index (χ3n) is 4.16. The van der Waals surface area contributed by atoms with Gasteiger partial charge in [0.05, 0.1) is 18.5 Å². The highest BCUT2D eigenvalue weighted by molar-refractivity contribution is 7.10. The van der Waals surface area contributed by atoms with Gasteiger partial charge in [0.2, 0.25) is 5.13 Å². The van der Waals surface area contributed by atoms with E-state index in [1.165, 1.54) is 0 Å². The van der Waals surface area contributed by atoms with Crippen LogP contribution in [0.2, 0.25) is 5.02 Å². The van der Waals surface area contributed by atoms with Crippen LogP contribution in [-0.2, 0) is 0 Å². The van der Waals surface area contributed by atoms with Crippen molar-refractivity contribution in [3.63, 3.8) is 0 Å². The molecule has 0 radical (unpaired) electrons. The Kier molecular flexibility index (Phi) is 5.24. The summed E-state index contributed by atoms with van der Waals surface area (Å²) in [5.41, 5.74) is 2.58. The summed E-state index contributed by atoms with van der Waals surface area (Å²) in [6.07, 6.45) is 0. The monoisotopic (exact) mass is 426 g/mol. The number of methoxy groups -OCH3 is 1. The molecule has 0 fully saturated rings. The summed E-state index contributed by atoms with van der Waals surface area (Å²) < 4.78 is 11.1. The van der Waals surface area contributed by atoms with Crippen LogP contribution in [-0.4, -0.2) is 37.4 Å². The van der Waals surface area contributed by atoms with Gasteiger partial charge in [-0.05, 0) is 49.4 Å². The zero-order chi connectivity index (χ0) is 20.4. The maximum atomic E-state index is 12.4. The lowest BCUT2D eigenvalue weighted by atomic mass is 10.2. The number of rotatable bonds is 5. The molecule has 0 aliphatic heterocycles. The highest BCUT2D eigenvalue weighted by Gasteiger charge is 2.18. The van der Waals surface area contributed by atoms with Crippen molar-refractivity contribution in [2.24, 2.45) is 0 Å². The molecule has 4 rings (SSSR count). The first-order chi connectivity index (χ1) is 14.0. The van der Waals surface area contributed by atoms with Crippen LogP contribution in [0, 0.1) is 6.92 Å². The van der Waals surface area contributed by atoms with Crippen LogP contribution in [0.5, 0.6) is 5.75 Å². The fraction of sp³-hybridized carbons (Fsp3) is 0.105. The van der Waals surface area contributed by atoms with Crippen LogP contribution < -0.4 is 10.1 Å². The van der Waals surface area contributed by atoms with E-state index in [2.05, 4.69) is 25.0 Å². The Morgan fingerprint density at radius 3 is 2.72 bits per heavy atom. The first kappa shape index (κ1) is 19.0. The van der Waals surface area contributed by atoms with Crippen LogP contribution in [0.3, 0.4) is 0 Å². The molecule has 0 aliphatic carbocycles. The van der Waals surface area contributed by atoms with Crippen molar-refractivity contribution in [3.05, 3.63) is 64.8 Å². The molecule has 4 aromatic rings. The van der Waals surface area contributed by atoms with Gasteiger partial charge in [0, 0.05) is 22.1 Å². The predicted octanol–water partition coefficient (Wildman–Crippen LogP) is 4.01. The molecule has 0 atom stereocenters. The Labute approximate surface area is 175 Å². The highest BCUT2D eigenvalue weighted by atomic mass is 35.5. The van der Waals surface area contributed by atoms with Crippen LogP contribution in [0.25, 0.3) is 17.2 Å². The van der Waals surface area contributed by atoms with Crippen LogP contribution >= 0.6 is 23.1 Å². The van der Waals surface area contributed by atoms with Gasteiger partial charge < -0.3 is 4.74 Å². The molecule has 2 heterocycles. The number of hydrogen-bond donors (Lipinski definition) is 1. The summed E-state index contributed by atoms with van der Waals surface area (Å²) in [4.78, 5) is 16.8. The van der Waals surface area contributed by atoms with Gasteiger partial charge in [0.25, 0.3) is 5.91 Å². The average molecular weight is 427 g/mol. The molecule has 10 heteroatoms. The molecule has 29 heavy (non-hydrogen) atoms. The molecule has 0 saturated carbocycles. The van der Waals surface area contributed by atoms with E-state index in [-0.39, 0.29) is 5.91 Å². The molecule has 0 bridgehead atoms. The minimum absolute atomic E-state index is 0.283. The number of halogens is 1.